The molecule has 194 valence electrons. The number of para-hydroxylation sites is 1. The van der Waals surface area contributed by atoms with Crippen LogP contribution in [0.5, 0.6) is 0 Å². The second kappa shape index (κ2) is 11.3. The number of hydrogen-bond acceptors (Lipinski definition) is 8. The number of alkyl halides is 3. The number of hydrogen-bond donors (Lipinski definition) is 2. The van der Waals surface area contributed by atoms with Gasteiger partial charge in [-0.05, 0) is 48.5 Å². The molecule has 3 aromatic carbocycles. The van der Waals surface area contributed by atoms with E-state index in [-0.39, 0.29) is 23.1 Å². The molecule has 2 aromatic heterocycles. The van der Waals surface area contributed by atoms with E-state index in [2.05, 4.69) is 20.6 Å². The van der Waals surface area contributed by atoms with E-state index < -0.39 is 17.6 Å². The molecule has 5 aromatic rings. The molecule has 0 atom stereocenters. The molecule has 5 rings (SSSR count). The first-order valence-corrected chi connectivity index (χ1v) is 14.6. The third-order valence-corrected chi connectivity index (χ3v) is 9.39. The molecular weight excluding hydrogens is 574 g/mol. The lowest BCUT2D eigenvalue weighted by atomic mass is 10.2. The van der Waals surface area contributed by atoms with Crippen molar-refractivity contribution in [3.8, 4) is 0 Å². The molecule has 0 fully saturated rings. The average molecular weight is 591 g/mol. The second-order valence-electron chi connectivity index (χ2n) is 7.86. The van der Waals surface area contributed by atoms with Crippen LogP contribution in [0.4, 0.5) is 24.5 Å². The van der Waals surface area contributed by atoms with E-state index in [1.807, 2.05) is 30.3 Å². The number of thiazole rings is 2. The number of halogens is 3. The lowest BCUT2D eigenvalue weighted by molar-refractivity contribution is -0.137. The monoisotopic (exact) mass is 590 g/mol. The first-order valence-electron chi connectivity index (χ1n) is 11.0. The fraction of sp³-hybridized carbons (Fsp3) is 0.120. The fourth-order valence-electron chi connectivity index (χ4n) is 3.38. The molecule has 0 aliphatic rings. The first kappa shape index (κ1) is 26.5. The van der Waals surface area contributed by atoms with Crippen molar-refractivity contribution in [2.45, 2.75) is 14.9 Å². The van der Waals surface area contributed by atoms with Crippen LogP contribution >= 0.6 is 46.2 Å². The summed E-state index contributed by atoms with van der Waals surface area (Å²) in [7, 11) is 0. The number of carbonyl (C=O) groups excluding carboxylic acids is 2. The van der Waals surface area contributed by atoms with Gasteiger partial charge in [-0.3, -0.25) is 9.59 Å². The van der Waals surface area contributed by atoms with E-state index >= 15 is 0 Å². The van der Waals surface area contributed by atoms with Crippen LogP contribution in [0.25, 0.3) is 20.4 Å². The number of aromatic nitrogens is 2. The molecule has 2 amide bonds. The summed E-state index contributed by atoms with van der Waals surface area (Å²) in [4.78, 5) is 33.7. The van der Waals surface area contributed by atoms with E-state index in [0.717, 1.165) is 36.9 Å². The summed E-state index contributed by atoms with van der Waals surface area (Å²) >= 11 is 5.48. The highest BCUT2D eigenvalue weighted by molar-refractivity contribution is 8.02. The number of benzene rings is 3. The van der Waals surface area contributed by atoms with Crippen molar-refractivity contribution in [1.29, 1.82) is 0 Å². The van der Waals surface area contributed by atoms with Crippen molar-refractivity contribution < 1.29 is 22.8 Å². The van der Waals surface area contributed by atoms with Gasteiger partial charge in [0.15, 0.2) is 8.68 Å². The highest BCUT2D eigenvalue weighted by Gasteiger charge is 2.30. The minimum Gasteiger partial charge on any atom is -0.325 e. The smallest absolute Gasteiger partial charge is 0.325 e. The predicted octanol–water partition coefficient (Wildman–Crippen LogP) is 7.39. The Labute approximate surface area is 231 Å². The zero-order valence-electron chi connectivity index (χ0n) is 19.2. The van der Waals surface area contributed by atoms with Crippen LogP contribution in [0, 0.1) is 0 Å². The summed E-state index contributed by atoms with van der Waals surface area (Å²) in [5.74, 6) is -0.378. The molecule has 0 bridgehead atoms. The van der Waals surface area contributed by atoms with Crippen LogP contribution in [-0.2, 0) is 15.8 Å². The van der Waals surface area contributed by atoms with Crippen LogP contribution in [0.3, 0.4) is 0 Å². The van der Waals surface area contributed by atoms with Gasteiger partial charge in [0.25, 0.3) is 0 Å². The van der Waals surface area contributed by atoms with Crippen molar-refractivity contribution in [3.63, 3.8) is 0 Å². The Bertz CT molecular complexity index is 1600. The lowest BCUT2D eigenvalue weighted by Gasteiger charge is -2.09. The molecule has 2 heterocycles. The number of thioether (sulfide) groups is 2. The van der Waals surface area contributed by atoms with Gasteiger partial charge in [0.05, 0.1) is 37.5 Å². The van der Waals surface area contributed by atoms with Gasteiger partial charge in [-0.25, -0.2) is 9.97 Å². The second-order valence-corrected chi connectivity index (χ2v) is 12.4. The van der Waals surface area contributed by atoms with Crippen molar-refractivity contribution in [3.05, 3.63) is 72.3 Å². The maximum atomic E-state index is 12.9. The van der Waals surface area contributed by atoms with Gasteiger partial charge in [-0.15, -0.1) is 22.7 Å². The SMILES string of the molecule is O=C(CSc1nc2ccccc2s1)Nc1ccc2nc(SCC(=O)Nc3cccc(C(F)(F)F)c3)sc2c1. The number of amides is 2. The molecule has 0 spiro atoms. The van der Waals surface area contributed by atoms with Crippen molar-refractivity contribution in [1.82, 2.24) is 9.97 Å². The van der Waals surface area contributed by atoms with E-state index in [0.29, 0.717) is 10.0 Å². The van der Waals surface area contributed by atoms with Gasteiger partial charge in [0, 0.05) is 11.4 Å². The van der Waals surface area contributed by atoms with Crippen molar-refractivity contribution in [2.24, 2.45) is 0 Å². The molecule has 0 aliphatic carbocycles. The molecule has 13 heteroatoms. The van der Waals surface area contributed by atoms with Crippen LogP contribution in [0.15, 0.2) is 75.4 Å². The minimum absolute atomic E-state index is 0.0113. The number of fused-ring (bicyclic) bond motifs is 2. The third-order valence-electron chi connectivity index (χ3n) is 5.05. The van der Waals surface area contributed by atoms with Gasteiger partial charge in [-0.1, -0.05) is 41.7 Å². The Kier molecular flexibility index (Phi) is 7.88. The highest BCUT2D eigenvalue weighted by atomic mass is 32.2. The number of rotatable bonds is 8. The maximum absolute atomic E-state index is 12.9. The molecule has 0 saturated heterocycles. The number of nitrogens with one attached hydrogen (secondary N) is 2. The topological polar surface area (TPSA) is 84.0 Å². The van der Waals surface area contributed by atoms with E-state index in [4.69, 9.17) is 0 Å². The summed E-state index contributed by atoms with van der Waals surface area (Å²) in [5, 5.41) is 5.37. The van der Waals surface area contributed by atoms with Gasteiger partial charge in [0.1, 0.15) is 0 Å². The summed E-state index contributed by atoms with van der Waals surface area (Å²) < 4.78 is 42.0. The summed E-state index contributed by atoms with van der Waals surface area (Å²) in [6.07, 6.45) is -4.48. The third kappa shape index (κ3) is 6.65. The average Bonchev–Trinajstić information content (AvgIpc) is 3.49. The Morgan fingerprint density at radius 2 is 1.34 bits per heavy atom. The first-order chi connectivity index (χ1) is 18.2. The molecule has 6 nitrogen and oxygen atoms in total. The Hall–Kier alpha value is -3.13. The van der Waals surface area contributed by atoms with E-state index in [1.165, 1.54) is 47.0 Å². The Morgan fingerprint density at radius 1 is 0.737 bits per heavy atom. The van der Waals surface area contributed by atoms with Crippen LogP contribution in [0.2, 0.25) is 0 Å². The predicted molar refractivity (Wildman–Crippen MR) is 149 cm³/mol. The lowest BCUT2D eigenvalue weighted by Crippen LogP contribution is -2.14. The van der Waals surface area contributed by atoms with Gasteiger partial charge >= 0.3 is 6.18 Å². The number of carbonyl (C=O) groups is 2. The van der Waals surface area contributed by atoms with Gasteiger partial charge in [0.2, 0.25) is 11.8 Å². The minimum atomic E-state index is -4.48. The van der Waals surface area contributed by atoms with Crippen LogP contribution in [-0.4, -0.2) is 33.3 Å². The zero-order valence-corrected chi connectivity index (χ0v) is 22.5. The highest BCUT2D eigenvalue weighted by Crippen LogP contribution is 2.33. The summed E-state index contributed by atoms with van der Waals surface area (Å²) in [5.41, 5.74) is 1.52. The summed E-state index contributed by atoms with van der Waals surface area (Å²) in [6, 6.07) is 17.7. The van der Waals surface area contributed by atoms with Crippen molar-refractivity contribution in [2.75, 3.05) is 22.1 Å². The standard InChI is InChI=1S/C25H17F3N4O2S4/c26-25(27,28)14-4-3-5-15(10-14)29-21(33)12-36-24-32-18-9-8-16(11-20(18)38-24)30-22(34)13-35-23-31-17-6-1-2-7-19(17)37-23/h1-11H,12-13H2,(H,29,33)(H,30,34). The molecular formula is C25H17F3N4O2S4. The Balaban J connectivity index is 1.14. The molecule has 0 unspecified atom stereocenters. The molecule has 0 saturated carbocycles. The van der Waals surface area contributed by atoms with E-state index in [9.17, 15) is 22.8 Å². The molecule has 38 heavy (non-hydrogen) atoms. The number of nitrogens with zero attached hydrogens (tertiary/aromatic N) is 2. The van der Waals surface area contributed by atoms with Crippen LogP contribution in [0.1, 0.15) is 5.56 Å². The van der Waals surface area contributed by atoms with Crippen LogP contribution < -0.4 is 10.6 Å². The Morgan fingerprint density at radius 3 is 2.00 bits per heavy atom. The van der Waals surface area contributed by atoms with E-state index in [1.54, 1.807) is 23.5 Å². The summed E-state index contributed by atoms with van der Waals surface area (Å²) in [6.45, 7) is 0. The number of anilines is 2. The van der Waals surface area contributed by atoms with Gasteiger partial charge < -0.3 is 10.6 Å². The van der Waals surface area contributed by atoms with Gasteiger partial charge in [-0.2, -0.15) is 13.2 Å². The van der Waals surface area contributed by atoms with Crippen molar-refractivity contribution >= 4 is 89.8 Å². The zero-order chi connectivity index (χ0) is 26.7. The molecule has 0 radical (unpaired) electrons. The normalized spacial score (nSPS) is 11.7. The molecule has 2 N–H and O–H groups in total. The quantitative estimate of drug-likeness (QED) is 0.183. The largest absolute Gasteiger partial charge is 0.416 e. The molecule has 0 aliphatic heterocycles. The fourth-order valence-corrected chi connectivity index (χ4v) is 7.15. The maximum Gasteiger partial charge on any atom is 0.416 e.